The van der Waals surface area contributed by atoms with E-state index in [1.165, 1.54) is 18.3 Å². The van der Waals surface area contributed by atoms with Crippen LogP contribution in [0.2, 0.25) is 0 Å². The molecule has 0 amide bonds. The zero-order valence-electron chi connectivity index (χ0n) is 8.48. The molecule has 1 aromatic heterocycles. The second-order valence-corrected chi connectivity index (χ2v) is 4.08. The van der Waals surface area contributed by atoms with Crippen molar-refractivity contribution in [3.63, 3.8) is 0 Å². The molecule has 0 aliphatic rings. The van der Waals surface area contributed by atoms with Crippen LogP contribution in [0.5, 0.6) is 0 Å². The van der Waals surface area contributed by atoms with Gasteiger partial charge in [0.25, 0.3) is 0 Å². The van der Waals surface area contributed by atoms with Gasteiger partial charge in [-0.3, -0.25) is 0 Å². The van der Waals surface area contributed by atoms with Crippen LogP contribution in [0.4, 0.5) is 10.2 Å². The number of nitrogens with zero attached hydrogens (tertiary/aromatic N) is 3. The van der Waals surface area contributed by atoms with E-state index in [1.807, 2.05) is 6.07 Å². The van der Waals surface area contributed by atoms with Crippen molar-refractivity contribution in [2.24, 2.45) is 0 Å². The molecule has 1 heterocycles. The first kappa shape index (κ1) is 11.5. The normalized spacial score (nSPS) is 9.94. The topological polar surface area (TPSA) is 75.6 Å². The quantitative estimate of drug-likeness (QED) is 0.876. The largest absolute Gasteiger partial charge is 0.382 e. The summed E-state index contributed by atoms with van der Waals surface area (Å²) < 4.78 is 13.8. The van der Waals surface area contributed by atoms with Gasteiger partial charge in [-0.25, -0.2) is 14.4 Å². The lowest BCUT2D eigenvalue weighted by Gasteiger charge is -2.04. The predicted molar refractivity (Wildman–Crippen MR) is 64.3 cm³/mol. The zero-order chi connectivity index (χ0) is 12.4. The van der Waals surface area contributed by atoms with Crippen LogP contribution in [0.1, 0.15) is 5.56 Å². The molecule has 4 nitrogen and oxygen atoms in total. The molecule has 1 aromatic carbocycles. The van der Waals surface area contributed by atoms with Gasteiger partial charge >= 0.3 is 0 Å². The van der Waals surface area contributed by atoms with Crippen molar-refractivity contribution in [3.8, 4) is 17.5 Å². The molecule has 0 fully saturated rings. The highest BCUT2D eigenvalue weighted by Gasteiger charge is 2.10. The fourth-order valence-corrected chi connectivity index (χ4v) is 1.70. The fraction of sp³-hybridized carbons (Fsp3) is 0. The number of benzene rings is 1. The van der Waals surface area contributed by atoms with Gasteiger partial charge in [0, 0.05) is 10.0 Å². The summed E-state index contributed by atoms with van der Waals surface area (Å²) in [5.74, 6) is -0.0451. The lowest BCUT2D eigenvalue weighted by molar-refractivity contribution is 0.628. The first-order valence-corrected chi connectivity index (χ1v) is 5.39. The maximum atomic E-state index is 13.1. The number of rotatable bonds is 1. The molecule has 2 aromatic rings. The highest BCUT2D eigenvalue weighted by Crippen LogP contribution is 2.27. The molecule has 0 bridgehead atoms. The average Bonchev–Trinajstić information content (AvgIpc) is 2.32. The molecule has 0 aliphatic heterocycles. The first-order chi connectivity index (χ1) is 8.11. The monoisotopic (exact) mass is 292 g/mol. The minimum absolute atomic E-state index is 0.0775. The summed E-state index contributed by atoms with van der Waals surface area (Å²) in [5.41, 5.74) is 6.26. The van der Waals surface area contributed by atoms with Crippen molar-refractivity contribution in [2.45, 2.75) is 0 Å². The molecule has 84 valence electrons. The smallest absolute Gasteiger partial charge is 0.162 e. The van der Waals surface area contributed by atoms with Crippen molar-refractivity contribution in [1.29, 1.82) is 5.26 Å². The number of nitriles is 1. The minimum atomic E-state index is -0.394. The van der Waals surface area contributed by atoms with Crippen LogP contribution in [-0.4, -0.2) is 9.97 Å². The van der Waals surface area contributed by atoms with Gasteiger partial charge in [0.2, 0.25) is 0 Å². The summed E-state index contributed by atoms with van der Waals surface area (Å²) in [5, 5.41) is 8.70. The summed E-state index contributed by atoms with van der Waals surface area (Å²) in [6.07, 6.45) is 1.31. The number of hydrogen-bond acceptors (Lipinski definition) is 4. The van der Waals surface area contributed by atoms with Gasteiger partial charge in [0.15, 0.2) is 5.82 Å². The number of aromatic nitrogens is 2. The second-order valence-electron chi connectivity index (χ2n) is 3.23. The van der Waals surface area contributed by atoms with Crippen molar-refractivity contribution in [3.05, 3.63) is 40.2 Å². The predicted octanol–water partition coefficient (Wildman–Crippen LogP) is 2.50. The van der Waals surface area contributed by atoms with Gasteiger partial charge in [-0.1, -0.05) is 15.9 Å². The third kappa shape index (κ3) is 2.24. The molecular weight excluding hydrogens is 287 g/mol. The van der Waals surface area contributed by atoms with Crippen LogP contribution >= 0.6 is 15.9 Å². The molecule has 0 spiro atoms. The van der Waals surface area contributed by atoms with Gasteiger partial charge in [-0.2, -0.15) is 5.26 Å². The van der Waals surface area contributed by atoms with Crippen molar-refractivity contribution < 1.29 is 4.39 Å². The molecule has 0 unspecified atom stereocenters. The van der Waals surface area contributed by atoms with E-state index in [2.05, 4.69) is 25.9 Å². The first-order valence-electron chi connectivity index (χ1n) is 4.60. The Bertz CT molecular complexity index is 621. The maximum Gasteiger partial charge on any atom is 0.162 e. The van der Waals surface area contributed by atoms with Crippen LogP contribution < -0.4 is 5.73 Å². The van der Waals surface area contributed by atoms with Crippen LogP contribution in [0, 0.1) is 17.1 Å². The molecule has 17 heavy (non-hydrogen) atoms. The summed E-state index contributed by atoms with van der Waals surface area (Å²) in [6, 6.07) is 6.04. The van der Waals surface area contributed by atoms with Gasteiger partial charge in [-0.15, -0.1) is 0 Å². The van der Waals surface area contributed by atoms with E-state index in [-0.39, 0.29) is 17.2 Å². The van der Waals surface area contributed by atoms with Crippen molar-refractivity contribution >= 4 is 21.7 Å². The number of anilines is 1. The Labute approximate surface area is 105 Å². The zero-order valence-corrected chi connectivity index (χ0v) is 10.1. The van der Waals surface area contributed by atoms with Gasteiger partial charge in [0.1, 0.15) is 23.3 Å². The fourth-order valence-electron chi connectivity index (χ4n) is 1.28. The van der Waals surface area contributed by atoms with E-state index < -0.39 is 5.82 Å². The van der Waals surface area contributed by atoms with E-state index in [0.717, 1.165) is 0 Å². The molecule has 0 saturated carbocycles. The Kier molecular flexibility index (Phi) is 3.02. The Morgan fingerprint density at radius 3 is 2.82 bits per heavy atom. The Hall–Kier alpha value is -2.00. The van der Waals surface area contributed by atoms with Crippen LogP contribution in [0.3, 0.4) is 0 Å². The summed E-state index contributed by atoms with van der Waals surface area (Å²) in [6.45, 7) is 0. The van der Waals surface area contributed by atoms with Crippen LogP contribution in [0.15, 0.2) is 28.9 Å². The third-order valence-electron chi connectivity index (χ3n) is 2.11. The van der Waals surface area contributed by atoms with E-state index >= 15 is 0 Å². The number of halogens is 2. The molecule has 2 rings (SSSR count). The molecular formula is C11H6BrFN4. The molecule has 0 aliphatic carbocycles. The van der Waals surface area contributed by atoms with Crippen molar-refractivity contribution in [2.75, 3.05) is 5.73 Å². The van der Waals surface area contributed by atoms with Crippen LogP contribution in [0.25, 0.3) is 11.4 Å². The Balaban J connectivity index is 2.58. The van der Waals surface area contributed by atoms with Gasteiger partial charge in [0.05, 0.1) is 6.20 Å². The lowest BCUT2D eigenvalue weighted by atomic mass is 10.2. The van der Waals surface area contributed by atoms with Crippen LogP contribution in [-0.2, 0) is 0 Å². The molecule has 2 N–H and O–H groups in total. The van der Waals surface area contributed by atoms with Gasteiger partial charge < -0.3 is 5.73 Å². The third-order valence-corrected chi connectivity index (χ3v) is 2.80. The molecule has 6 heteroatoms. The highest BCUT2D eigenvalue weighted by molar-refractivity contribution is 9.10. The molecule has 0 atom stereocenters. The Morgan fingerprint density at radius 1 is 1.41 bits per heavy atom. The molecule has 0 radical (unpaired) electrons. The number of hydrogen-bond donors (Lipinski definition) is 1. The summed E-state index contributed by atoms with van der Waals surface area (Å²) in [7, 11) is 0. The minimum Gasteiger partial charge on any atom is -0.382 e. The van der Waals surface area contributed by atoms with Gasteiger partial charge in [-0.05, 0) is 18.2 Å². The molecule has 0 saturated heterocycles. The van der Waals surface area contributed by atoms with E-state index in [4.69, 9.17) is 11.0 Å². The Morgan fingerprint density at radius 2 is 2.18 bits per heavy atom. The van der Waals surface area contributed by atoms with Crippen molar-refractivity contribution in [1.82, 2.24) is 9.97 Å². The number of nitrogens with two attached hydrogens (primary N) is 1. The highest BCUT2D eigenvalue weighted by atomic mass is 79.9. The SMILES string of the molecule is N#Cc1cnc(-c2cc(F)ccc2Br)nc1N. The number of nitrogen functional groups attached to an aromatic ring is 1. The maximum absolute atomic E-state index is 13.1. The van der Waals surface area contributed by atoms with E-state index in [1.54, 1.807) is 6.07 Å². The second kappa shape index (κ2) is 4.47. The average molecular weight is 293 g/mol. The summed E-state index contributed by atoms with van der Waals surface area (Å²) in [4.78, 5) is 7.94. The lowest BCUT2D eigenvalue weighted by Crippen LogP contribution is -1.99. The van der Waals surface area contributed by atoms with E-state index in [0.29, 0.717) is 10.0 Å². The van der Waals surface area contributed by atoms with E-state index in [9.17, 15) is 4.39 Å². The summed E-state index contributed by atoms with van der Waals surface area (Å²) >= 11 is 3.27. The standard InChI is InChI=1S/C11H6BrFN4/c12-9-2-1-7(13)3-8(9)11-16-5-6(4-14)10(15)17-11/h1-3,5H,(H2,15,16,17).